The fourth-order valence-corrected chi connectivity index (χ4v) is 6.17. The lowest BCUT2D eigenvalue weighted by Crippen LogP contribution is -2.21. The zero-order chi connectivity index (χ0) is 29.3. The molecule has 6 heteroatoms. The summed E-state index contributed by atoms with van der Waals surface area (Å²) >= 11 is 0. The average molecular weight is 563 g/mol. The maximum absolute atomic E-state index is 12.7. The number of nitrogens with zero attached hydrogens (tertiary/aromatic N) is 2. The number of hydrazone groups is 2. The van der Waals surface area contributed by atoms with Gasteiger partial charge >= 0.3 is 0 Å². The van der Waals surface area contributed by atoms with Crippen LogP contribution in [0.25, 0.3) is 0 Å². The van der Waals surface area contributed by atoms with Crippen LogP contribution in [0.1, 0.15) is 133 Å². The van der Waals surface area contributed by atoms with Crippen molar-refractivity contribution in [2.75, 3.05) is 0 Å². The molecule has 0 spiro atoms. The van der Waals surface area contributed by atoms with E-state index in [2.05, 4.69) is 69.6 Å². The number of carbonyl (C=O) groups is 2. The van der Waals surface area contributed by atoms with Crippen LogP contribution in [0, 0.1) is 0 Å². The zero-order valence-electron chi connectivity index (χ0n) is 24.9. The summed E-state index contributed by atoms with van der Waals surface area (Å²) in [5.41, 5.74) is 12.4. The van der Waals surface area contributed by atoms with Crippen LogP contribution in [0.15, 0.2) is 83.0 Å². The highest BCUT2D eigenvalue weighted by Crippen LogP contribution is 2.33. The number of hydrogen-bond acceptors (Lipinski definition) is 4. The zero-order valence-corrected chi connectivity index (χ0v) is 24.9. The van der Waals surface area contributed by atoms with Crippen LogP contribution in [0.4, 0.5) is 0 Å². The number of benzene rings is 3. The summed E-state index contributed by atoms with van der Waals surface area (Å²) in [7, 11) is 0. The van der Waals surface area contributed by atoms with Gasteiger partial charge in [-0.05, 0) is 97.9 Å². The maximum Gasteiger partial charge on any atom is 0.271 e. The lowest BCUT2D eigenvalue weighted by molar-refractivity contribution is 0.0943. The molecule has 2 aliphatic rings. The predicted molar refractivity (Wildman–Crippen MR) is 170 cm³/mol. The molecular weight excluding hydrogens is 520 g/mol. The van der Waals surface area contributed by atoms with Crippen molar-refractivity contribution in [3.63, 3.8) is 0 Å². The second kappa shape index (κ2) is 14.2. The van der Waals surface area contributed by atoms with Crippen molar-refractivity contribution in [3.8, 4) is 0 Å². The molecule has 0 heterocycles. The van der Waals surface area contributed by atoms with Crippen LogP contribution in [0.5, 0.6) is 0 Å². The SMILES string of the molecule is C/C(=N/NC(=O)c1ccc(C(=O)N/N=C(/C)c2ccc(C3CCCCC3)cc2)cc1)c1ccc(C2CCCCC2)cc1. The summed E-state index contributed by atoms with van der Waals surface area (Å²) in [6.45, 7) is 3.77. The van der Waals surface area contributed by atoms with Gasteiger partial charge in [-0.1, -0.05) is 87.1 Å². The molecule has 0 saturated heterocycles. The van der Waals surface area contributed by atoms with Crippen molar-refractivity contribution in [3.05, 3.63) is 106 Å². The first-order valence-corrected chi connectivity index (χ1v) is 15.5. The molecular formula is C36H42N4O2. The van der Waals surface area contributed by atoms with Gasteiger partial charge < -0.3 is 0 Å². The fourth-order valence-electron chi connectivity index (χ4n) is 6.17. The van der Waals surface area contributed by atoms with Crippen LogP contribution >= 0.6 is 0 Å². The third-order valence-electron chi connectivity index (χ3n) is 8.87. The number of nitrogens with one attached hydrogen (secondary N) is 2. The summed E-state index contributed by atoms with van der Waals surface area (Å²) in [6.07, 6.45) is 13.0. The summed E-state index contributed by atoms with van der Waals surface area (Å²) < 4.78 is 0. The molecule has 0 aliphatic heterocycles. The average Bonchev–Trinajstić information content (AvgIpc) is 3.06. The highest BCUT2D eigenvalue weighted by atomic mass is 16.2. The molecule has 42 heavy (non-hydrogen) atoms. The minimum Gasteiger partial charge on any atom is -0.267 e. The molecule has 6 nitrogen and oxygen atoms in total. The largest absolute Gasteiger partial charge is 0.271 e. The minimum absolute atomic E-state index is 0.328. The highest BCUT2D eigenvalue weighted by molar-refractivity contribution is 6.02. The molecule has 5 rings (SSSR count). The lowest BCUT2D eigenvalue weighted by atomic mass is 9.84. The van der Waals surface area contributed by atoms with E-state index in [1.54, 1.807) is 24.3 Å². The van der Waals surface area contributed by atoms with Crippen LogP contribution in [0.2, 0.25) is 0 Å². The second-order valence-electron chi connectivity index (χ2n) is 11.8. The van der Waals surface area contributed by atoms with E-state index in [4.69, 9.17) is 0 Å². The number of amides is 2. The number of rotatable bonds is 8. The van der Waals surface area contributed by atoms with Crippen molar-refractivity contribution in [1.82, 2.24) is 10.9 Å². The van der Waals surface area contributed by atoms with Gasteiger partial charge in [-0.3, -0.25) is 9.59 Å². The molecule has 0 bridgehead atoms. The highest BCUT2D eigenvalue weighted by Gasteiger charge is 2.17. The Bertz CT molecular complexity index is 1300. The molecule has 3 aromatic rings. The maximum atomic E-state index is 12.7. The molecule has 2 N–H and O–H groups in total. The Morgan fingerprint density at radius 1 is 0.500 bits per heavy atom. The van der Waals surface area contributed by atoms with Gasteiger partial charge in [0, 0.05) is 11.1 Å². The lowest BCUT2D eigenvalue weighted by Gasteiger charge is -2.22. The number of hydrogen-bond donors (Lipinski definition) is 2. The smallest absolute Gasteiger partial charge is 0.267 e. The van der Waals surface area contributed by atoms with E-state index >= 15 is 0 Å². The molecule has 2 fully saturated rings. The van der Waals surface area contributed by atoms with Gasteiger partial charge in [-0.25, -0.2) is 10.9 Å². The molecule has 2 saturated carbocycles. The van der Waals surface area contributed by atoms with Gasteiger partial charge in [0.1, 0.15) is 0 Å². The Kier molecular flexibility index (Phi) is 9.96. The van der Waals surface area contributed by atoms with Gasteiger partial charge in [0.15, 0.2) is 0 Å². The van der Waals surface area contributed by atoms with Crippen LogP contribution in [-0.4, -0.2) is 23.2 Å². The standard InChI is InChI=1S/C36H42N4O2/c1-25(27-13-17-31(18-14-27)29-9-5-3-6-10-29)37-39-35(41)33-21-23-34(24-22-33)36(42)40-38-26(2)28-15-19-32(20-16-28)30-11-7-4-8-12-30/h13-24,29-30H,3-12H2,1-2H3,(H,39,41)(H,40,42)/b37-25-,38-26-. The van der Waals surface area contributed by atoms with Crippen molar-refractivity contribution in [2.24, 2.45) is 10.2 Å². The van der Waals surface area contributed by atoms with Crippen LogP contribution < -0.4 is 10.9 Å². The Morgan fingerprint density at radius 3 is 1.14 bits per heavy atom. The van der Waals surface area contributed by atoms with E-state index in [1.165, 1.54) is 75.3 Å². The quantitative estimate of drug-likeness (QED) is 0.215. The molecule has 0 aromatic heterocycles. The fraction of sp³-hybridized carbons (Fsp3) is 0.389. The first kappa shape index (κ1) is 29.4. The molecule has 0 atom stereocenters. The van der Waals surface area contributed by atoms with Gasteiger partial charge in [-0.2, -0.15) is 10.2 Å². The van der Waals surface area contributed by atoms with E-state index in [0.29, 0.717) is 23.0 Å². The minimum atomic E-state index is -0.328. The van der Waals surface area contributed by atoms with Crippen molar-refractivity contribution in [2.45, 2.75) is 89.9 Å². The normalized spacial score (nSPS) is 17.1. The Balaban J connectivity index is 1.12. The van der Waals surface area contributed by atoms with Gasteiger partial charge in [0.25, 0.3) is 11.8 Å². The molecule has 2 aliphatic carbocycles. The van der Waals surface area contributed by atoms with Gasteiger partial charge in [-0.15, -0.1) is 0 Å². The van der Waals surface area contributed by atoms with Crippen molar-refractivity contribution >= 4 is 23.2 Å². The Labute approximate surface area is 249 Å². The van der Waals surface area contributed by atoms with Crippen molar-refractivity contribution in [1.29, 1.82) is 0 Å². The van der Waals surface area contributed by atoms with E-state index in [-0.39, 0.29) is 11.8 Å². The molecule has 0 radical (unpaired) electrons. The summed E-state index contributed by atoms with van der Waals surface area (Å²) in [5.74, 6) is 0.666. The monoisotopic (exact) mass is 562 g/mol. The third kappa shape index (κ3) is 7.61. The summed E-state index contributed by atoms with van der Waals surface area (Å²) in [5, 5.41) is 8.60. The van der Waals surface area contributed by atoms with Gasteiger partial charge in [0.2, 0.25) is 0 Å². The molecule has 0 unspecified atom stereocenters. The molecule has 218 valence electrons. The van der Waals surface area contributed by atoms with E-state index in [9.17, 15) is 9.59 Å². The van der Waals surface area contributed by atoms with Crippen molar-refractivity contribution < 1.29 is 9.59 Å². The molecule has 2 amide bonds. The summed E-state index contributed by atoms with van der Waals surface area (Å²) in [6, 6.07) is 23.6. The second-order valence-corrected chi connectivity index (χ2v) is 11.8. The first-order valence-electron chi connectivity index (χ1n) is 15.5. The molecule has 3 aromatic carbocycles. The number of carbonyl (C=O) groups excluding carboxylic acids is 2. The van der Waals surface area contributed by atoms with Gasteiger partial charge in [0.05, 0.1) is 11.4 Å². The van der Waals surface area contributed by atoms with E-state index in [1.807, 2.05) is 13.8 Å². The third-order valence-corrected chi connectivity index (χ3v) is 8.87. The van der Waals surface area contributed by atoms with Crippen LogP contribution in [0.3, 0.4) is 0 Å². The first-order chi connectivity index (χ1) is 20.5. The Hall–Kier alpha value is -4.06. The summed E-state index contributed by atoms with van der Waals surface area (Å²) in [4.78, 5) is 25.4. The van der Waals surface area contributed by atoms with Crippen LogP contribution in [-0.2, 0) is 0 Å². The predicted octanol–water partition coefficient (Wildman–Crippen LogP) is 8.09. The topological polar surface area (TPSA) is 82.9 Å². The Morgan fingerprint density at radius 2 is 0.810 bits per heavy atom. The van der Waals surface area contributed by atoms with E-state index < -0.39 is 0 Å². The van der Waals surface area contributed by atoms with E-state index in [0.717, 1.165) is 22.6 Å².